The van der Waals surface area contributed by atoms with Gasteiger partial charge in [0.2, 0.25) is 0 Å². The first-order valence-electron chi connectivity index (χ1n) is 5.27. The van der Waals surface area contributed by atoms with Crippen LogP contribution in [0.4, 0.5) is 0 Å². The van der Waals surface area contributed by atoms with Gasteiger partial charge in [-0.1, -0.05) is 6.92 Å². The molecule has 0 aromatic rings. The highest BCUT2D eigenvalue weighted by Gasteiger charge is 2.19. The third-order valence-corrected chi connectivity index (χ3v) is 4.08. The molecule has 78 valence electrons. The fourth-order valence-corrected chi connectivity index (χ4v) is 2.63. The van der Waals surface area contributed by atoms with Gasteiger partial charge in [0, 0.05) is 18.3 Å². The van der Waals surface area contributed by atoms with Crippen molar-refractivity contribution in [2.75, 3.05) is 31.1 Å². The second-order valence-corrected chi connectivity index (χ2v) is 5.18. The Balaban J connectivity index is 2.38. The summed E-state index contributed by atoms with van der Waals surface area (Å²) in [7, 11) is 0. The van der Waals surface area contributed by atoms with Crippen molar-refractivity contribution in [2.45, 2.75) is 26.3 Å². The summed E-state index contributed by atoms with van der Waals surface area (Å²) in [6.07, 6.45) is 1.34. The molecule has 1 rings (SSSR count). The number of hydrogen-bond acceptors (Lipinski definition) is 3. The van der Waals surface area contributed by atoms with Crippen molar-refractivity contribution < 1.29 is 0 Å². The summed E-state index contributed by atoms with van der Waals surface area (Å²) in [6, 6.07) is 0.656. The largest absolute Gasteiger partial charge is 0.330 e. The van der Waals surface area contributed by atoms with Crippen LogP contribution in [0.1, 0.15) is 20.3 Å². The SMILES string of the molecule is CC(CN)C(C)N1CCCSCC1. The van der Waals surface area contributed by atoms with Crippen LogP contribution in [-0.4, -0.2) is 42.1 Å². The van der Waals surface area contributed by atoms with Gasteiger partial charge in [-0.15, -0.1) is 0 Å². The zero-order valence-corrected chi connectivity index (χ0v) is 9.65. The lowest BCUT2D eigenvalue weighted by atomic mass is 10.0. The van der Waals surface area contributed by atoms with E-state index in [2.05, 4.69) is 30.5 Å². The van der Waals surface area contributed by atoms with Crippen LogP contribution in [0.25, 0.3) is 0 Å². The molecular formula is C10H22N2S. The highest BCUT2D eigenvalue weighted by atomic mass is 32.2. The van der Waals surface area contributed by atoms with E-state index in [0.717, 1.165) is 6.54 Å². The summed E-state index contributed by atoms with van der Waals surface area (Å²) >= 11 is 2.08. The van der Waals surface area contributed by atoms with Crippen LogP contribution in [0.5, 0.6) is 0 Å². The normalized spacial score (nSPS) is 25.2. The van der Waals surface area contributed by atoms with Crippen molar-refractivity contribution in [2.24, 2.45) is 11.7 Å². The maximum absolute atomic E-state index is 5.69. The second-order valence-electron chi connectivity index (χ2n) is 3.96. The Bertz CT molecular complexity index is 133. The number of nitrogens with zero attached hydrogens (tertiary/aromatic N) is 1. The minimum atomic E-state index is 0.628. The minimum Gasteiger partial charge on any atom is -0.330 e. The molecule has 2 N–H and O–H groups in total. The Morgan fingerprint density at radius 3 is 2.77 bits per heavy atom. The lowest BCUT2D eigenvalue weighted by Gasteiger charge is -2.31. The maximum atomic E-state index is 5.69. The Kier molecular flexibility index (Phi) is 5.14. The molecule has 1 heterocycles. The van der Waals surface area contributed by atoms with Gasteiger partial charge in [0.25, 0.3) is 0 Å². The fourth-order valence-electron chi connectivity index (χ4n) is 1.73. The first kappa shape index (κ1) is 11.3. The van der Waals surface area contributed by atoms with E-state index in [1.54, 1.807) is 0 Å². The number of hydrogen-bond donors (Lipinski definition) is 1. The summed E-state index contributed by atoms with van der Waals surface area (Å²) in [6.45, 7) is 7.88. The van der Waals surface area contributed by atoms with E-state index in [4.69, 9.17) is 5.73 Å². The summed E-state index contributed by atoms with van der Waals surface area (Å²) in [5, 5.41) is 0. The van der Waals surface area contributed by atoms with Crippen molar-refractivity contribution >= 4 is 11.8 Å². The molecule has 0 aromatic carbocycles. The van der Waals surface area contributed by atoms with E-state index in [1.807, 2.05) is 0 Å². The zero-order chi connectivity index (χ0) is 9.68. The highest BCUT2D eigenvalue weighted by molar-refractivity contribution is 7.99. The van der Waals surface area contributed by atoms with E-state index < -0.39 is 0 Å². The van der Waals surface area contributed by atoms with Crippen LogP contribution in [0.2, 0.25) is 0 Å². The molecule has 1 aliphatic heterocycles. The lowest BCUT2D eigenvalue weighted by Crippen LogP contribution is -2.41. The highest BCUT2D eigenvalue weighted by Crippen LogP contribution is 2.16. The third-order valence-electron chi connectivity index (χ3n) is 3.03. The molecule has 0 radical (unpaired) electrons. The van der Waals surface area contributed by atoms with Gasteiger partial charge in [-0.2, -0.15) is 11.8 Å². The number of nitrogens with two attached hydrogens (primary N) is 1. The molecular weight excluding hydrogens is 180 g/mol. The van der Waals surface area contributed by atoms with Gasteiger partial charge in [-0.25, -0.2) is 0 Å². The Morgan fingerprint density at radius 1 is 1.31 bits per heavy atom. The van der Waals surface area contributed by atoms with Crippen molar-refractivity contribution in [1.82, 2.24) is 4.90 Å². The average Bonchev–Trinajstić information content (AvgIpc) is 2.43. The molecule has 1 saturated heterocycles. The molecule has 13 heavy (non-hydrogen) atoms. The van der Waals surface area contributed by atoms with Crippen LogP contribution in [0, 0.1) is 5.92 Å². The molecule has 0 bridgehead atoms. The average molecular weight is 202 g/mol. The van der Waals surface area contributed by atoms with E-state index >= 15 is 0 Å². The molecule has 1 aliphatic rings. The van der Waals surface area contributed by atoms with Gasteiger partial charge in [-0.3, -0.25) is 4.90 Å². The van der Waals surface area contributed by atoms with Crippen LogP contribution in [0.3, 0.4) is 0 Å². The molecule has 2 unspecified atom stereocenters. The van der Waals surface area contributed by atoms with Crippen molar-refractivity contribution in [3.05, 3.63) is 0 Å². The van der Waals surface area contributed by atoms with Gasteiger partial charge in [0.05, 0.1) is 0 Å². The van der Waals surface area contributed by atoms with Crippen LogP contribution in [0.15, 0.2) is 0 Å². The van der Waals surface area contributed by atoms with Gasteiger partial charge in [0.1, 0.15) is 0 Å². The molecule has 0 saturated carbocycles. The van der Waals surface area contributed by atoms with Crippen molar-refractivity contribution in [3.8, 4) is 0 Å². The van der Waals surface area contributed by atoms with Gasteiger partial charge >= 0.3 is 0 Å². The second kappa shape index (κ2) is 5.89. The summed E-state index contributed by atoms with van der Waals surface area (Å²) in [5.41, 5.74) is 5.69. The summed E-state index contributed by atoms with van der Waals surface area (Å²) < 4.78 is 0. The Morgan fingerprint density at radius 2 is 2.08 bits per heavy atom. The quantitative estimate of drug-likeness (QED) is 0.750. The molecule has 0 amide bonds. The lowest BCUT2D eigenvalue weighted by molar-refractivity contribution is 0.176. The maximum Gasteiger partial charge on any atom is 0.0105 e. The predicted octanol–water partition coefficient (Wildman–Crippen LogP) is 1.41. The van der Waals surface area contributed by atoms with Crippen molar-refractivity contribution in [3.63, 3.8) is 0 Å². The smallest absolute Gasteiger partial charge is 0.0105 e. The zero-order valence-electron chi connectivity index (χ0n) is 8.83. The standard InChI is InChI=1S/C10H22N2S/c1-9(8-11)10(2)12-4-3-6-13-7-5-12/h9-10H,3-8,11H2,1-2H3. The monoisotopic (exact) mass is 202 g/mol. The Labute approximate surface area is 86.2 Å². The summed E-state index contributed by atoms with van der Waals surface area (Å²) in [5.74, 6) is 3.25. The minimum absolute atomic E-state index is 0.628. The fraction of sp³-hybridized carbons (Fsp3) is 1.00. The van der Waals surface area contributed by atoms with Gasteiger partial charge in [-0.05, 0) is 38.1 Å². The first-order valence-corrected chi connectivity index (χ1v) is 6.43. The molecule has 0 spiro atoms. The third kappa shape index (κ3) is 3.49. The molecule has 3 heteroatoms. The van der Waals surface area contributed by atoms with Crippen LogP contribution >= 0.6 is 11.8 Å². The molecule has 2 atom stereocenters. The first-order chi connectivity index (χ1) is 6.25. The van der Waals surface area contributed by atoms with Crippen molar-refractivity contribution in [1.29, 1.82) is 0 Å². The molecule has 1 fully saturated rings. The van der Waals surface area contributed by atoms with E-state index in [1.165, 1.54) is 31.0 Å². The Hall–Kier alpha value is 0.270. The van der Waals surface area contributed by atoms with Gasteiger partial charge < -0.3 is 5.73 Å². The number of thioether (sulfide) groups is 1. The topological polar surface area (TPSA) is 29.3 Å². The molecule has 0 aliphatic carbocycles. The van der Waals surface area contributed by atoms with E-state index in [-0.39, 0.29) is 0 Å². The van der Waals surface area contributed by atoms with Crippen LogP contribution in [-0.2, 0) is 0 Å². The van der Waals surface area contributed by atoms with E-state index in [9.17, 15) is 0 Å². The molecule has 2 nitrogen and oxygen atoms in total. The molecule has 0 aromatic heterocycles. The van der Waals surface area contributed by atoms with Crippen LogP contribution < -0.4 is 5.73 Å². The van der Waals surface area contributed by atoms with E-state index in [0.29, 0.717) is 12.0 Å². The summed E-state index contributed by atoms with van der Waals surface area (Å²) in [4.78, 5) is 2.59. The number of rotatable bonds is 3. The predicted molar refractivity (Wildman–Crippen MR) is 61.2 cm³/mol. The van der Waals surface area contributed by atoms with Gasteiger partial charge in [0.15, 0.2) is 0 Å².